The van der Waals surface area contributed by atoms with Gasteiger partial charge in [-0.15, -0.1) is 0 Å². The van der Waals surface area contributed by atoms with Crippen molar-refractivity contribution in [1.82, 2.24) is 15.1 Å². The zero-order valence-corrected chi connectivity index (χ0v) is 17.5. The minimum absolute atomic E-state index is 0.0692. The summed E-state index contributed by atoms with van der Waals surface area (Å²) in [4.78, 5) is 14.8. The molecule has 0 aliphatic carbocycles. The first kappa shape index (κ1) is 19.5. The third-order valence-electron chi connectivity index (χ3n) is 5.83. The van der Waals surface area contributed by atoms with Gasteiger partial charge < -0.3 is 10.0 Å². The molecule has 4 rings (SSSR count). The molecule has 1 unspecified atom stereocenters. The first-order valence-corrected chi connectivity index (χ1v) is 10.1. The summed E-state index contributed by atoms with van der Waals surface area (Å²) < 4.78 is 0. The number of carbonyl (C=O) groups is 1. The van der Waals surface area contributed by atoms with Crippen LogP contribution < -0.4 is 0 Å². The molecule has 150 valence electrons. The molecule has 29 heavy (non-hydrogen) atoms. The number of benzene rings is 2. The Morgan fingerprint density at radius 2 is 1.93 bits per heavy atom. The highest BCUT2D eigenvalue weighted by molar-refractivity contribution is 6.31. The molecule has 1 fully saturated rings. The lowest BCUT2D eigenvalue weighted by Crippen LogP contribution is -2.28. The Hall–Kier alpha value is -2.79. The van der Waals surface area contributed by atoms with Crippen LogP contribution in [0.4, 0.5) is 0 Å². The van der Waals surface area contributed by atoms with Gasteiger partial charge in [0.1, 0.15) is 11.4 Å². The summed E-state index contributed by atoms with van der Waals surface area (Å²) >= 11 is 6.09. The normalized spacial score (nSPS) is 16.4. The summed E-state index contributed by atoms with van der Waals surface area (Å²) in [7, 11) is 0. The minimum atomic E-state index is -0.0692. The van der Waals surface area contributed by atoms with Crippen molar-refractivity contribution in [1.29, 1.82) is 0 Å². The molecule has 0 bridgehead atoms. The lowest BCUT2D eigenvalue weighted by molar-refractivity contribution is 0.0785. The zero-order valence-electron chi connectivity index (χ0n) is 16.8. The van der Waals surface area contributed by atoms with Crippen molar-refractivity contribution in [3.8, 4) is 17.0 Å². The Morgan fingerprint density at radius 1 is 1.14 bits per heavy atom. The first-order chi connectivity index (χ1) is 13.8. The SMILES string of the molecule is Cc1ccc(-c2cc(C(=O)N3CCC(c4cc(C)c(Cl)cc4O)C3)[nH]n2)cc1C. The van der Waals surface area contributed by atoms with E-state index in [1.165, 1.54) is 11.1 Å². The fourth-order valence-corrected chi connectivity index (χ4v) is 4.03. The molecule has 0 radical (unpaired) electrons. The minimum Gasteiger partial charge on any atom is -0.508 e. The van der Waals surface area contributed by atoms with Gasteiger partial charge in [0, 0.05) is 29.6 Å². The molecule has 1 aliphatic heterocycles. The fraction of sp³-hybridized carbons (Fsp3) is 0.304. The Kier molecular flexibility index (Phi) is 5.09. The summed E-state index contributed by atoms with van der Waals surface area (Å²) in [5, 5.41) is 18.1. The van der Waals surface area contributed by atoms with Gasteiger partial charge in [0.2, 0.25) is 0 Å². The highest BCUT2D eigenvalue weighted by atomic mass is 35.5. The molecule has 5 nitrogen and oxygen atoms in total. The summed E-state index contributed by atoms with van der Waals surface area (Å²) in [6.45, 7) is 7.26. The maximum atomic E-state index is 13.0. The number of aromatic amines is 1. The first-order valence-electron chi connectivity index (χ1n) is 9.75. The van der Waals surface area contributed by atoms with Crippen LogP contribution in [-0.4, -0.2) is 39.2 Å². The van der Waals surface area contributed by atoms with Gasteiger partial charge in [0.15, 0.2) is 0 Å². The van der Waals surface area contributed by atoms with Crippen molar-refractivity contribution in [3.05, 3.63) is 69.4 Å². The van der Waals surface area contributed by atoms with Crippen molar-refractivity contribution >= 4 is 17.5 Å². The van der Waals surface area contributed by atoms with E-state index in [1.807, 2.05) is 30.0 Å². The number of hydrogen-bond acceptors (Lipinski definition) is 3. The molecule has 3 aromatic rings. The molecule has 6 heteroatoms. The number of aryl methyl sites for hydroxylation is 3. The maximum absolute atomic E-state index is 13.0. The quantitative estimate of drug-likeness (QED) is 0.640. The number of phenolic OH excluding ortho intramolecular Hbond substituents is 1. The molecule has 1 saturated heterocycles. The predicted octanol–water partition coefficient (Wildman–Crippen LogP) is 4.99. The molecular weight excluding hydrogens is 386 g/mol. The van der Waals surface area contributed by atoms with E-state index >= 15 is 0 Å². The molecule has 1 aromatic heterocycles. The van der Waals surface area contributed by atoms with Crippen LogP contribution in [0.5, 0.6) is 5.75 Å². The number of carbonyl (C=O) groups excluding carboxylic acids is 1. The molecule has 0 spiro atoms. The predicted molar refractivity (Wildman–Crippen MR) is 115 cm³/mol. The van der Waals surface area contributed by atoms with E-state index in [-0.39, 0.29) is 17.6 Å². The number of hydrogen-bond donors (Lipinski definition) is 2. The Labute approximate surface area is 175 Å². The lowest BCUT2D eigenvalue weighted by Gasteiger charge is -2.17. The number of phenols is 1. The van der Waals surface area contributed by atoms with E-state index in [4.69, 9.17) is 11.6 Å². The summed E-state index contributed by atoms with van der Waals surface area (Å²) in [5.41, 5.74) is 6.43. The number of likely N-dealkylation sites (tertiary alicyclic amines) is 1. The monoisotopic (exact) mass is 409 g/mol. The second kappa shape index (κ2) is 7.56. The summed E-state index contributed by atoms with van der Waals surface area (Å²) in [6.07, 6.45) is 0.804. The largest absolute Gasteiger partial charge is 0.508 e. The average molecular weight is 410 g/mol. The van der Waals surface area contributed by atoms with Crippen molar-refractivity contribution in [2.24, 2.45) is 0 Å². The molecule has 1 aliphatic rings. The van der Waals surface area contributed by atoms with E-state index in [0.717, 1.165) is 28.8 Å². The Bertz CT molecular complexity index is 1090. The van der Waals surface area contributed by atoms with Crippen molar-refractivity contribution in [3.63, 3.8) is 0 Å². The van der Waals surface area contributed by atoms with E-state index in [0.29, 0.717) is 23.8 Å². The highest BCUT2D eigenvalue weighted by Gasteiger charge is 2.30. The number of rotatable bonds is 3. The van der Waals surface area contributed by atoms with Gasteiger partial charge in [-0.05, 0) is 67.6 Å². The second-order valence-corrected chi connectivity index (χ2v) is 8.27. The molecular formula is C23H24ClN3O2. The van der Waals surface area contributed by atoms with Crippen LogP contribution in [0.1, 0.15) is 45.1 Å². The van der Waals surface area contributed by atoms with E-state index in [9.17, 15) is 9.90 Å². The number of amides is 1. The maximum Gasteiger partial charge on any atom is 0.271 e. The van der Waals surface area contributed by atoms with Crippen LogP contribution >= 0.6 is 11.6 Å². The van der Waals surface area contributed by atoms with Crippen molar-refractivity contribution < 1.29 is 9.90 Å². The highest BCUT2D eigenvalue weighted by Crippen LogP contribution is 2.36. The van der Waals surface area contributed by atoms with Crippen molar-refractivity contribution in [2.75, 3.05) is 13.1 Å². The van der Waals surface area contributed by atoms with Gasteiger partial charge in [0.25, 0.3) is 5.91 Å². The standard InChI is InChI=1S/C23H24ClN3O2/c1-13-4-5-16(8-14(13)2)20-11-21(26-25-20)23(29)27-7-6-17(12-27)18-9-15(3)19(24)10-22(18)28/h4-5,8-11,17,28H,6-7,12H2,1-3H3,(H,25,26). The van der Waals surface area contributed by atoms with Gasteiger partial charge in [-0.3, -0.25) is 9.89 Å². The van der Waals surface area contributed by atoms with Gasteiger partial charge in [-0.2, -0.15) is 5.10 Å². The van der Waals surface area contributed by atoms with Gasteiger partial charge in [-0.25, -0.2) is 0 Å². The third kappa shape index (κ3) is 3.75. The average Bonchev–Trinajstić information content (AvgIpc) is 3.36. The van der Waals surface area contributed by atoms with E-state index < -0.39 is 0 Å². The van der Waals surface area contributed by atoms with Crippen LogP contribution in [0.3, 0.4) is 0 Å². The van der Waals surface area contributed by atoms with Crippen LogP contribution in [-0.2, 0) is 0 Å². The van der Waals surface area contributed by atoms with Crippen LogP contribution in [0, 0.1) is 20.8 Å². The Balaban J connectivity index is 1.51. The number of aromatic hydroxyl groups is 1. The molecule has 1 atom stereocenters. The number of nitrogens with zero attached hydrogens (tertiary/aromatic N) is 2. The molecule has 2 N–H and O–H groups in total. The molecule has 1 amide bonds. The number of aromatic nitrogens is 2. The lowest BCUT2D eigenvalue weighted by atomic mass is 9.96. The van der Waals surface area contributed by atoms with Crippen LogP contribution in [0.25, 0.3) is 11.3 Å². The second-order valence-electron chi connectivity index (χ2n) is 7.86. The Morgan fingerprint density at radius 3 is 2.69 bits per heavy atom. The fourth-order valence-electron chi connectivity index (χ4n) is 3.87. The molecule has 2 heterocycles. The van der Waals surface area contributed by atoms with Crippen molar-refractivity contribution in [2.45, 2.75) is 33.1 Å². The van der Waals surface area contributed by atoms with Gasteiger partial charge >= 0.3 is 0 Å². The summed E-state index contributed by atoms with van der Waals surface area (Å²) in [6, 6.07) is 11.5. The zero-order chi connectivity index (χ0) is 20.7. The number of nitrogens with one attached hydrogen (secondary N) is 1. The van der Waals surface area contributed by atoms with E-state index in [1.54, 1.807) is 6.07 Å². The van der Waals surface area contributed by atoms with Gasteiger partial charge in [0.05, 0.1) is 5.69 Å². The molecule has 0 saturated carbocycles. The topological polar surface area (TPSA) is 69.2 Å². The third-order valence-corrected chi connectivity index (χ3v) is 6.24. The smallest absolute Gasteiger partial charge is 0.271 e. The molecule has 2 aromatic carbocycles. The summed E-state index contributed by atoms with van der Waals surface area (Å²) in [5.74, 6) is 0.218. The van der Waals surface area contributed by atoms with Crippen LogP contribution in [0.2, 0.25) is 5.02 Å². The number of halogens is 1. The van der Waals surface area contributed by atoms with Crippen LogP contribution in [0.15, 0.2) is 36.4 Å². The van der Waals surface area contributed by atoms with E-state index in [2.05, 4.69) is 36.2 Å². The van der Waals surface area contributed by atoms with Gasteiger partial charge in [-0.1, -0.05) is 29.8 Å². The number of H-pyrrole nitrogens is 1.